The van der Waals surface area contributed by atoms with Gasteiger partial charge in [-0.15, -0.1) is 0 Å². The number of rotatable bonds is 4. The molecule has 2 N–H and O–H groups in total. The van der Waals surface area contributed by atoms with Gasteiger partial charge >= 0.3 is 11.7 Å². The third-order valence-electron chi connectivity index (χ3n) is 1.68. The molecule has 0 saturated heterocycles. The smallest absolute Gasteiger partial charge is 0.332 e. The number of nitrogens with zero attached hydrogens (tertiary/aromatic N) is 3. The summed E-state index contributed by atoms with van der Waals surface area (Å²) in [6.07, 6.45) is 0.805. The lowest BCUT2D eigenvalue weighted by Crippen LogP contribution is -2.07. The monoisotopic (exact) mass is 212 g/mol. The molecule has 0 aromatic carbocycles. The number of hydrogen-bond acceptors (Lipinski definition) is 6. The Labute approximate surface area is 86.4 Å². The minimum Gasteiger partial charge on any atom is -0.463 e. The molecule has 0 saturated carbocycles. The molecule has 0 unspecified atom stereocenters. The number of nitrogens with two attached hydrogens (primary N) is 1. The lowest BCUT2D eigenvalue weighted by molar-refractivity contribution is -0.385. The molecule has 82 valence electrons. The second-order valence-corrected chi connectivity index (χ2v) is 2.93. The standard InChI is InChI=1S/C8H12N4O3/c1-3-4-15-8-10-5(2)6(12(13)14)7(9)11-8/h3-4H2,1-2H3,(H2,9,10,11). The molecule has 0 spiro atoms. The summed E-state index contributed by atoms with van der Waals surface area (Å²) < 4.78 is 5.13. The van der Waals surface area contributed by atoms with E-state index in [0.29, 0.717) is 6.61 Å². The fraction of sp³-hybridized carbons (Fsp3) is 0.500. The minimum absolute atomic E-state index is 0.0810. The van der Waals surface area contributed by atoms with Crippen molar-refractivity contribution in [1.29, 1.82) is 0 Å². The van der Waals surface area contributed by atoms with E-state index in [0.717, 1.165) is 6.42 Å². The van der Waals surface area contributed by atoms with Gasteiger partial charge in [-0.05, 0) is 13.3 Å². The van der Waals surface area contributed by atoms with Crippen molar-refractivity contribution in [3.8, 4) is 6.01 Å². The van der Waals surface area contributed by atoms with E-state index in [1.54, 1.807) is 0 Å². The molecule has 0 aliphatic rings. The largest absolute Gasteiger partial charge is 0.463 e. The highest BCUT2D eigenvalue weighted by Crippen LogP contribution is 2.24. The lowest BCUT2D eigenvalue weighted by atomic mass is 10.3. The average molecular weight is 212 g/mol. The fourth-order valence-electron chi connectivity index (χ4n) is 1.05. The van der Waals surface area contributed by atoms with Crippen LogP contribution in [0.4, 0.5) is 11.5 Å². The van der Waals surface area contributed by atoms with Crippen LogP contribution in [-0.2, 0) is 0 Å². The van der Waals surface area contributed by atoms with Gasteiger partial charge in [0.2, 0.25) is 5.82 Å². The van der Waals surface area contributed by atoms with Gasteiger partial charge in [-0.3, -0.25) is 10.1 Å². The van der Waals surface area contributed by atoms with Crippen LogP contribution >= 0.6 is 0 Å². The Hall–Kier alpha value is -1.92. The van der Waals surface area contributed by atoms with E-state index in [9.17, 15) is 10.1 Å². The Morgan fingerprint density at radius 3 is 2.67 bits per heavy atom. The molecule has 0 aliphatic heterocycles. The number of aromatic nitrogens is 2. The molecule has 0 atom stereocenters. The normalized spacial score (nSPS) is 10.0. The van der Waals surface area contributed by atoms with Gasteiger partial charge < -0.3 is 10.5 Å². The molecule has 0 aliphatic carbocycles. The van der Waals surface area contributed by atoms with E-state index >= 15 is 0 Å². The van der Waals surface area contributed by atoms with Crippen molar-refractivity contribution in [3.05, 3.63) is 15.8 Å². The summed E-state index contributed by atoms with van der Waals surface area (Å²) in [5.74, 6) is -0.168. The summed E-state index contributed by atoms with van der Waals surface area (Å²) >= 11 is 0. The molecule has 7 nitrogen and oxygen atoms in total. The first-order chi connectivity index (χ1) is 7.06. The van der Waals surface area contributed by atoms with Crippen molar-refractivity contribution in [1.82, 2.24) is 9.97 Å². The van der Waals surface area contributed by atoms with E-state index < -0.39 is 4.92 Å². The van der Waals surface area contributed by atoms with Crippen molar-refractivity contribution >= 4 is 11.5 Å². The van der Waals surface area contributed by atoms with E-state index in [4.69, 9.17) is 10.5 Å². The summed E-state index contributed by atoms with van der Waals surface area (Å²) in [6, 6.07) is 0.0810. The number of nitrogen functional groups attached to an aromatic ring is 1. The summed E-state index contributed by atoms with van der Waals surface area (Å²) in [5.41, 5.74) is 5.36. The van der Waals surface area contributed by atoms with Gasteiger partial charge in [0.15, 0.2) is 0 Å². The van der Waals surface area contributed by atoms with Gasteiger partial charge in [-0.25, -0.2) is 0 Å². The van der Waals surface area contributed by atoms with Crippen LogP contribution in [0.1, 0.15) is 19.0 Å². The fourth-order valence-corrected chi connectivity index (χ4v) is 1.05. The predicted octanol–water partition coefficient (Wildman–Crippen LogP) is 1.06. The minimum atomic E-state index is -0.603. The number of ether oxygens (including phenoxy) is 1. The highest BCUT2D eigenvalue weighted by atomic mass is 16.6. The van der Waals surface area contributed by atoms with Crippen molar-refractivity contribution in [2.24, 2.45) is 0 Å². The zero-order valence-corrected chi connectivity index (χ0v) is 8.56. The number of anilines is 1. The summed E-state index contributed by atoms with van der Waals surface area (Å²) in [5, 5.41) is 10.6. The van der Waals surface area contributed by atoms with Gasteiger partial charge in [0, 0.05) is 0 Å². The maximum atomic E-state index is 10.6. The zero-order valence-electron chi connectivity index (χ0n) is 8.56. The second-order valence-electron chi connectivity index (χ2n) is 2.93. The molecule has 1 heterocycles. The molecular weight excluding hydrogens is 200 g/mol. The van der Waals surface area contributed by atoms with Crippen LogP contribution in [0.15, 0.2) is 0 Å². The highest BCUT2D eigenvalue weighted by Gasteiger charge is 2.19. The topological polar surface area (TPSA) is 104 Å². The molecule has 1 aromatic rings. The third-order valence-corrected chi connectivity index (χ3v) is 1.68. The maximum absolute atomic E-state index is 10.6. The van der Waals surface area contributed by atoms with Crippen molar-refractivity contribution in [3.63, 3.8) is 0 Å². The predicted molar refractivity (Wildman–Crippen MR) is 53.6 cm³/mol. The molecule has 15 heavy (non-hydrogen) atoms. The van der Waals surface area contributed by atoms with Crippen molar-refractivity contribution in [2.75, 3.05) is 12.3 Å². The highest BCUT2D eigenvalue weighted by molar-refractivity contribution is 5.55. The first-order valence-corrected chi connectivity index (χ1v) is 4.47. The van der Waals surface area contributed by atoms with Crippen LogP contribution in [0.2, 0.25) is 0 Å². The van der Waals surface area contributed by atoms with E-state index in [2.05, 4.69) is 9.97 Å². The van der Waals surface area contributed by atoms with E-state index in [-0.39, 0.29) is 23.2 Å². The zero-order chi connectivity index (χ0) is 11.4. The summed E-state index contributed by atoms with van der Waals surface area (Å²) in [6.45, 7) is 3.88. The Balaban J connectivity index is 3.03. The van der Waals surface area contributed by atoms with Crippen LogP contribution in [-0.4, -0.2) is 21.5 Å². The molecule has 1 rings (SSSR count). The lowest BCUT2D eigenvalue weighted by Gasteiger charge is -2.04. The van der Waals surface area contributed by atoms with E-state index in [1.807, 2.05) is 6.92 Å². The molecule has 0 radical (unpaired) electrons. The van der Waals surface area contributed by atoms with Gasteiger partial charge in [-0.2, -0.15) is 9.97 Å². The van der Waals surface area contributed by atoms with E-state index in [1.165, 1.54) is 6.92 Å². The van der Waals surface area contributed by atoms with Crippen molar-refractivity contribution < 1.29 is 9.66 Å². The maximum Gasteiger partial charge on any atom is 0.332 e. The van der Waals surface area contributed by atoms with Crippen LogP contribution in [0.3, 0.4) is 0 Å². The number of aryl methyl sites for hydroxylation is 1. The average Bonchev–Trinajstić information content (AvgIpc) is 2.12. The van der Waals surface area contributed by atoms with Crippen LogP contribution in [0.25, 0.3) is 0 Å². The summed E-state index contributed by atoms with van der Waals surface area (Å²) in [7, 11) is 0. The molecule has 1 aromatic heterocycles. The third kappa shape index (κ3) is 2.52. The molecule has 0 fully saturated rings. The van der Waals surface area contributed by atoms with Crippen molar-refractivity contribution in [2.45, 2.75) is 20.3 Å². The van der Waals surface area contributed by atoms with Crippen LogP contribution < -0.4 is 10.5 Å². The number of nitro groups is 1. The number of hydrogen-bond donors (Lipinski definition) is 1. The summed E-state index contributed by atoms with van der Waals surface area (Å²) in [4.78, 5) is 17.5. The molecular formula is C8H12N4O3. The Kier molecular flexibility index (Phi) is 3.37. The Morgan fingerprint density at radius 2 is 2.20 bits per heavy atom. The molecule has 7 heteroatoms. The quantitative estimate of drug-likeness (QED) is 0.591. The Morgan fingerprint density at radius 1 is 1.53 bits per heavy atom. The SMILES string of the molecule is CCCOc1nc(C)c([N+](=O)[O-])c(N)n1. The molecule has 0 bridgehead atoms. The first-order valence-electron chi connectivity index (χ1n) is 4.47. The van der Waals surface area contributed by atoms with Crippen LogP contribution in [0, 0.1) is 17.0 Å². The van der Waals surface area contributed by atoms with Gasteiger partial charge in [-0.1, -0.05) is 6.92 Å². The first kappa shape index (κ1) is 11.2. The van der Waals surface area contributed by atoms with Gasteiger partial charge in [0.05, 0.1) is 11.5 Å². The van der Waals surface area contributed by atoms with Crippen LogP contribution in [0.5, 0.6) is 6.01 Å². The Bertz CT molecular complexity index is 357. The van der Waals surface area contributed by atoms with Gasteiger partial charge in [0.25, 0.3) is 0 Å². The van der Waals surface area contributed by atoms with Gasteiger partial charge in [0.1, 0.15) is 5.69 Å². The molecule has 0 amide bonds. The second kappa shape index (κ2) is 4.54.